The Morgan fingerprint density at radius 2 is 2.16 bits per heavy atom. The van der Waals surface area contributed by atoms with Crippen molar-refractivity contribution in [3.63, 3.8) is 0 Å². The van der Waals surface area contributed by atoms with E-state index in [9.17, 15) is 4.79 Å². The number of hydrogen-bond donors (Lipinski definition) is 0. The van der Waals surface area contributed by atoms with Crippen LogP contribution in [0.3, 0.4) is 0 Å². The molecule has 0 unspecified atom stereocenters. The molecule has 2 aromatic rings. The monoisotopic (exact) mass is 338 g/mol. The van der Waals surface area contributed by atoms with Gasteiger partial charge in [-0.25, -0.2) is 4.79 Å². The van der Waals surface area contributed by atoms with Crippen LogP contribution < -0.4 is 0 Å². The van der Waals surface area contributed by atoms with Crippen molar-refractivity contribution in [2.75, 3.05) is 20.3 Å². The number of esters is 1. The molecule has 2 rings (SSSR count). The Labute approximate surface area is 147 Å². The normalized spacial score (nSPS) is 11.4. The van der Waals surface area contributed by atoms with E-state index in [-0.39, 0.29) is 13.0 Å². The first-order valence-corrected chi connectivity index (χ1v) is 8.26. The molecule has 5 heteroatoms. The van der Waals surface area contributed by atoms with Gasteiger partial charge in [0.2, 0.25) is 0 Å². The van der Waals surface area contributed by atoms with Crippen LogP contribution in [0.2, 0.25) is 0 Å². The molecule has 130 valence electrons. The fraction of sp³-hybridized carbons (Fsp3) is 0.350. The van der Waals surface area contributed by atoms with E-state index >= 15 is 0 Å². The smallest absolute Gasteiger partial charge is 0.340 e. The van der Waals surface area contributed by atoms with Crippen LogP contribution >= 0.6 is 0 Å². The molecule has 0 saturated heterocycles. The van der Waals surface area contributed by atoms with Gasteiger partial charge in [-0.1, -0.05) is 18.2 Å². The van der Waals surface area contributed by atoms with Crippen molar-refractivity contribution in [3.05, 3.63) is 47.2 Å². The van der Waals surface area contributed by atoms with Gasteiger partial charge in [0, 0.05) is 12.5 Å². The maximum Gasteiger partial charge on any atom is 0.340 e. The lowest BCUT2D eigenvalue weighted by Gasteiger charge is -2.11. The molecule has 25 heavy (non-hydrogen) atoms. The number of allylic oxidation sites excluding steroid dienone is 1. The van der Waals surface area contributed by atoms with Crippen molar-refractivity contribution in [2.24, 2.45) is 0 Å². The van der Waals surface area contributed by atoms with Crippen LogP contribution in [0.15, 0.2) is 30.3 Å². The standard InChI is InChI=1S/C20H22N2O3/c1-4-14(9-11-24-3)15-6-7-16-12-17(20(23)25-5-2)18(8-10-21)22-19(16)13-15/h4,6-7,12-13H,5,8-9,11H2,1-3H3/b14-4+. The van der Waals surface area contributed by atoms with E-state index in [0.29, 0.717) is 17.9 Å². The number of aromatic nitrogens is 1. The Kier molecular flexibility index (Phi) is 6.67. The van der Waals surface area contributed by atoms with Gasteiger partial charge in [-0.2, -0.15) is 5.26 Å². The molecule has 0 atom stereocenters. The minimum absolute atomic E-state index is 0.0640. The van der Waals surface area contributed by atoms with Crippen LogP contribution in [0, 0.1) is 11.3 Å². The Hall–Kier alpha value is -2.71. The molecule has 0 amide bonds. The molecule has 0 saturated carbocycles. The largest absolute Gasteiger partial charge is 0.462 e. The molecule has 0 bridgehead atoms. The fourth-order valence-corrected chi connectivity index (χ4v) is 2.67. The second-order valence-corrected chi connectivity index (χ2v) is 5.50. The third kappa shape index (κ3) is 4.43. The number of carbonyl (C=O) groups is 1. The molecule has 0 aliphatic heterocycles. The lowest BCUT2D eigenvalue weighted by atomic mass is 9.99. The summed E-state index contributed by atoms with van der Waals surface area (Å²) in [4.78, 5) is 16.7. The number of methoxy groups -OCH3 is 1. The van der Waals surface area contributed by atoms with E-state index < -0.39 is 5.97 Å². The van der Waals surface area contributed by atoms with Crippen LogP contribution in [0.1, 0.15) is 41.9 Å². The maximum atomic E-state index is 12.1. The van der Waals surface area contributed by atoms with Crippen LogP contribution in [-0.4, -0.2) is 31.3 Å². The fourth-order valence-electron chi connectivity index (χ4n) is 2.67. The molecule has 0 fully saturated rings. The molecule has 0 radical (unpaired) electrons. The summed E-state index contributed by atoms with van der Waals surface area (Å²) in [6.45, 7) is 4.67. The van der Waals surface area contributed by atoms with Crippen molar-refractivity contribution in [2.45, 2.75) is 26.7 Å². The molecular formula is C20H22N2O3. The highest BCUT2D eigenvalue weighted by atomic mass is 16.5. The van der Waals surface area contributed by atoms with Gasteiger partial charge in [0.05, 0.1) is 42.5 Å². The number of fused-ring (bicyclic) bond motifs is 1. The lowest BCUT2D eigenvalue weighted by molar-refractivity contribution is 0.0525. The van der Waals surface area contributed by atoms with Gasteiger partial charge in [0.15, 0.2) is 0 Å². The SMILES string of the molecule is C/C=C(\CCOC)c1ccc2cc(C(=O)OCC)c(CC#N)nc2c1. The van der Waals surface area contributed by atoms with Gasteiger partial charge in [-0.15, -0.1) is 0 Å². The highest BCUT2D eigenvalue weighted by Crippen LogP contribution is 2.25. The van der Waals surface area contributed by atoms with Gasteiger partial charge in [-0.05, 0) is 43.5 Å². The number of ether oxygens (including phenoxy) is 2. The zero-order chi connectivity index (χ0) is 18.2. The van der Waals surface area contributed by atoms with Gasteiger partial charge in [-0.3, -0.25) is 4.98 Å². The third-order valence-corrected chi connectivity index (χ3v) is 3.93. The zero-order valence-electron chi connectivity index (χ0n) is 14.8. The van der Waals surface area contributed by atoms with Crippen molar-refractivity contribution < 1.29 is 14.3 Å². The average Bonchev–Trinajstić information content (AvgIpc) is 2.62. The molecule has 0 aliphatic rings. The van der Waals surface area contributed by atoms with E-state index in [1.807, 2.05) is 25.1 Å². The summed E-state index contributed by atoms with van der Waals surface area (Å²) in [5.74, 6) is -0.444. The summed E-state index contributed by atoms with van der Waals surface area (Å²) in [5, 5.41) is 9.88. The molecular weight excluding hydrogens is 316 g/mol. The quantitative estimate of drug-likeness (QED) is 0.716. The van der Waals surface area contributed by atoms with E-state index in [0.717, 1.165) is 22.9 Å². The molecule has 0 spiro atoms. The van der Waals surface area contributed by atoms with Gasteiger partial charge >= 0.3 is 5.97 Å². The second kappa shape index (κ2) is 8.95. The summed E-state index contributed by atoms with van der Waals surface area (Å²) >= 11 is 0. The zero-order valence-corrected chi connectivity index (χ0v) is 14.8. The number of benzene rings is 1. The van der Waals surface area contributed by atoms with Crippen molar-refractivity contribution in [3.8, 4) is 6.07 Å². The number of pyridine rings is 1. The predicted octanol–water partition coefficient (Wildman–Crippen LogP) is 3.92. The first kappa shape index (κ1) is 18.6. The predicted molar refractivity (Wildman–Crippen MR) is 97.2 cm³/mol. The molecule has 0 N–H and O–H groups in total. The van der Waals surface area contributed by atoms with Crippen molar-refractivity contribution >= 4 is 22.4 Å². The van der Waals surface area contributed by atoms with Crippen molar-refractivity contribution in [1.29, 1.82) is 5.26 Å². The summed E-state index contributed by atoms with van der Waals surface area (Å²) in [6.07, 6.45) is 2.93. The topological polar surface area (TPSA) is 72.2 Å². The van der Waals surface area contributed by atoms with E-state index in [4.69, 9.17) is 14.7 Å². The molecule has 1 aromatic carbocycles. The van der Waals surface area contributed by atoms with Crippen LogP contribution in [-0.2, 0) is 15.9 Å². The van der Waals surface area contributed by atoms with Crippen LogP contribution in [0.5, 0.6) is 0 Å². The Morgan fingerprint density at radius 1 is 1.36 bits per heavy atom. The van der Waals surface area contributed by atoms with Gasteiger partial charge in [0.25, 0.3) is 0 Å². The average molecular weight is 338 g/mol. The second-order valence-electron chi connectivity index (χ2n) is 5.50. The summed E-state index contributed by atoms with van der Waals surface area (Å²) in [5.41, 5.74) is 3.79. The maximum absolute atomic E-state index is 12.1. The molecule has 1 aromatic heterocycles. The molecule has 1 heterocycles. The Bertz CT molecular complexity index is 835. The highest BCUT2D eigenvalue weighted by Gasteiger charge is 2.16. The van der Waals surface area contributed by atoms with Crippen molar-refractivity contribution in [1.82, 2.24) is 4.98 Å². The highest BCUT2D eigenvalue weighted by molar-refractivity contribution is 5.96. The minimum Gasteiger partial charge on any atom is -0.462 e. The van der Waals surface area contributed by atoms with Crippen LogP contribution in [0.25, 0.3) is 16.5 Å². The van der Waals surface area contributed by atoms with Crippen LogP contribution in [0.4, 0.5) is 0 Å². The summed E-state index contributed by atoms with van der Waals surface area (Å²) < 4.78 is 10.2. The number of nitrogens with zero attached hydrogens (tertiary/aromatic N) is 2. The minimum atomic E-state index is -0.444. The van der Waals surface area contributed by atoms with E-state index in [2.05, 4.69) is 17.1 Å². The first-order chi connectivity index (χ1) is 12.1. The number of nitriles is 1. The first-order valence-electron chi connectivity index (χ1n) is 8.26. The van der Waals surface area contributed by atoms with E-state index in [1.54, 1.807) is 20.1 Å². The Balaban J connectivity index is 2.50. The Morgan fingerprint density at radius 3 is 2.80 bits per heavy atom. The molecule has 0 aliphatic carbocycles. The third-order valence-electron chi connectivity index (χ3n) is 3.93. The number of carbonyl (C=O) groups excluding carboxylic acids is 1. The van der Waals surface area contributed by atoms with Gasteiger partial charge < -0.3 is 9.47 Å². The number of hydrogen-bond acceptors (Lipinski definition) is 5. The summed E-state index contributed by atoms with van der Waals surface area (Å²) in [6, 6.07) is 9.74. The van der Waals surface area contributed by atoms with Gasteiger partial charge in [0.1, 0.15) is 0 Å². The lowest BCUT2D eigenvalue weighted by Crippen LogP contribution is -2.10. The molecule has 5 nitrogen and oxygen atoms in total. The summed E-state index contributed by atoms with van der Waals surface area (Å²) in [7, 11) is 1.68. The van der Waals surface area contributed by atoms with E-state index in [1.165, 1.54) is 5.57 Å². The number of rotatable bonds is 7.